The summed E-state index contributed by atoms with van der Waals surface area (Å²) in [6.45, 7) is 5.07. The topological polar surface area (TPSA) is 39.1 Å². The third-order valence-corrected chi connectivity index (χ3v) is 3.86. The first kappa shape index (κ1) is 10.3. The average molecular weight is 221 g/mol. The Morgan fingerprint density at radius 2 is 2.56 bits per heavy atom. The normalized spacial score (nSPS) is 34.7. The van der Waals surface area contributed by atoms with E-state index in [1.807, 2.05) is 12.5 Å². The first-order valence-electron chi connectivity index (χ1n) is 6.13. The van der Waals surface area contributed by atoms with Gasteiger partial charge in [-0.25, -0.2) is 4.98 Å². The monoisotopic (exact) mass is 221 g/mol. The summed E-state index contributed by atoms with van der Waals surface area (Å²) in [5, 5.41) is 3.54. The van der Waals surface area contributed by atoms with E-state index in [9.17, 15) is 0 Å². The van der Waals surface area contributed by atoms with Crippen molar-refractivity contribution in [3.8, 4) is 0 Å². The molecule has 16 heavy (non-hydrogen) atoms. The molecule has 1 N–H and O–H groups in total. The highest BCUT2D eigenvalue weighted by atomic mass is 16.5. The molecule has 88 valence electrons. The summed E-state index contributed by atoms with van der Waals surface area (Å²) < 4.78 is 7.85. The Morgan fingerprint density at radius 3 is 3.25 bits per heavy atom. The lowest BCUT2D eigenvalue weighted by Crippen LogP contribution is -2.33. The van der Waals surface area contributed by atoms with Crippen LogP contribution >= 0.6 is 0 Å². The maximum atomic E-state index is 5.53. The fourth-order valence-electron chi connectivity index (χ4n) is 2.80. The minimum Gasteiger partial charge on any atom is -0.379 e. The highest BCUT2D eigenvalue weighted by molar-refractivity contribution is 5.11. The smallest absolute Gasteiger partial charge is 0.0954 e. The Labute approximate surface area is 96.0 Å². The Bertz CT molecular complexity index is 362. The molecule has 0 aliphatic carbocycles. The molecule has 2 unspecified atom stereocenters. The van der Waals surface area contributed by atoms with Crippen molar-refractivity contribution in [2.24, 2.45) is 0 Å². The molecule has 4 nitrogen and oxygen atoms in total. The van der Waals surface area contributed by atoms with Crippen LogP contribution in [0.5, 0.6) is 0 Å². The fourth-order valence-corrected chi connectivity index (χ4v) is 2.80. The molecule has 1 aromatic rings. The zero-order valence-electron chi connectivity index (χ0n) is 9.78. The predicted octanol–water partition coefficient (Wildman–Crippen LogP) is 1.44. The van der Waals surface area contributed by atoms with Gasteiger partial charge in [0.25, 0.3) is 0 Å². The van der Waals surface area contributed by atoms with Crippen LogP contribution in [-0.2, 0) is 10.3 Å². The van der Waals surface area contributed by atoms with E-state index in [2.05, 4.69) is 21.8 Å². The lowest BCUT2D eigenvalue weighted by molar-refractivity contribution is 0.159. The Balaban J connectivity index is 1.92. The van der Waals surface area contributed by atoms with Crippen molar-refractivity contribution in [1.29, 1.82) is 0 Å². The summed E-state index contributed by atoms with van der Waals surface area (Å²) in [6, 6.07) is 0.486. The molecule has 2 saturated heterocycles. The second-order valence-corrected chi connectivity index (χ2v) is 5.14. The molecule has 0 amide bonds. The van der Waals surface area contributed by atoms with Crippen LogP contribution in [0.25, 0.3) is 0 Å². The number of imidazole rings is 1. The molecule has 0 bridgehead atoms. The van der Waals surface area contributed by atoms with Crippen LogP contribution < -0.4 is 5.32 Å². The molecule has 3 rings (SSSR count). The van der Waals surface area contributed by atoms with Crippen LogP contribution in [0.2, 0.25) is 0 Å². The van der Waals surface area contributed by atoms with E-state index in [4.69, 9.17) is 4.74 Å². The fraction of sp³-hybridized carbons (Fsp3) is 0.750. The largest absolute Gasteiger partial charge is 0.379 e. The molecule has 0 aromatic carbocycles. The maximum absolute atomic E-state index is 5.53. The molecule has 1 aromatic heterocycles. The highest BCUT2D eigenvalue weighted by Crippen LogP contribution is 2.32. The van der Waals surface area contributed by atoms with E-state index < -0.39 is 0 Å². The Kier molecular flexibility index (Phi) is 2.48. The van der Waals surface area contributed by atoms with Gasteiger partial charge in [-0.2, -0.15) is 0 Å². The maximum Gasteiger partial charge on any atom is 0.0954 e. The molecule has 0 saturated carbocycles. The second kappa shape index (κ2) is 3.86. The molecule has 2 aliphatic heterocycles. The minimum absolute atomic E-state index is 0.107. The molecular formula is C12H19N3O. The number of nitrogens with one attached hydrogen (secondary N) is 1. The number of aromatic nitrogens is 2. The van der Waals surface area contributed by atoms with Gasteiger partial charge in [0.2, 0.25) is 0 Å². The van der Waals surface area contributed by atoms with Crippen LogP contribution in [0.15, 0.2) is 12.5 Å². The third kappa shape index (κ3) is 1.57. The summed E-state index contributed by atoms with van der Waals surface area (Å²) in [7, 11) is 0. The van der Waals surface area contributed by atoms with Gasteiger partial charge in [0.1, 0.15) is 0 Å². The van der Waals surface area contributed by atoms with E-state index in [-0.39, 0.29) is 5.54 Å². The molecule has 0 spiro atoms. The van der Waals surface area contributed by atoms with E-state index in [0.29, 0.717) is 6.04 Å². The highest BCUT2D eigenvalue weighted by Gasteiger charge is 2.34. The van der Waals surface area contributed by atoms with Crippen molar-refractivity contribution in [2.75, 3.05) is 19.8 Å². The number of rotatable bonds is 2. The lowest BCUT2D eigenvalue weighted by Gasteiger charge is -2.28. The van der Waals surface area contributed by atoms with Crippen LogP contribution in [0, 0.1) is 0 Å². The second-order valence-electron chi connectivity index (χ2n) is 5.14. The Hall–Kier alpha value is -0.870. The number of hydrogen-bond acceptors (Lipinski definition) is 3. The number of nitrogens with zero attached hydrogens (tertiary/aromatic N) is 2. The summed E-state index contributed by atoms with van der Waals surface area (Å²) >= 11 is 0. The lowest BCUT2D eigenvalue weighted by atomic mass is 10.00. The molecule has 2 atom stereocenters. The standard InChI is InChI=1S/C12H19N3O/c1-12(4-6-16-8-12)15-9-13-7-11(15)10-3-2-5-14-10/h7,9-10,14H,2-6,8H2,1H3. The van der Waals surface area contributed by atoms with Crippen LogP contribution in [-0.4, -0.2) is 29.3 Å². The molecule has 2 aliphatic rings. The number of hydrogen-bond donors (Lipinski definition) is 1. The van der Waals surface area contributed by atoms with Crippen LogP contribution in [0.1, 0.15) is 37.9 Å². The molecular weight excluding hydrogens is 202 g/mol. The van der Waals surface area contributed by atoms with Gasteiger partial charge in [-0.05, 0) is 32.7 Å². The van der Waals surface area contributed by atoms with Crippen molar-refractivity contribution < 1.29 is 4.74 Å². The average Bonchev–Trinajstić information content (AvgIpc) is 2.98. The van der Waals surface area contributed by atoms with E-state index in [1.165, 1.54) is 18.5 Å². The predicted molar refractivity (Wildman–Crippen MR) is 61.3 cm³/mol. The van der Waals surface area contributed by atoms with Crippen LogP contribution in [0.4, 0.5) is 0 Å². The summed E-state index contributed by atoms with van der Waals surface area (Å²) in [5.74, 6) is 0. The van der Waals surface area contributed by atoms with Crippen molar-refractivity contribution >= 4 is 0 Å². The summed E-state index contributed by atoms with van der Waals surface area (Å²) in [6.07, 6.45) is 7.55. The van der Waals surface area contributed by atoms with Gasteiger partial charge in [0, 0.05) is 18.8 Å². The van der Waals surface area contributed by atoms with Gasteiger partial charge in [-0.1, -0.05) is 0 Å². The first-order valence-corrected chi connectivity index (χ1v) is 6.13. The van der Waals surface area contributed by atoms with Gasteiger partial charge in [0.05, 0.1) is 24.2 Å². The zero-order chi connectivity index (χ0) is 11.0. The van der Waals surface area contributed by atoms with Crippen molar-refractivity contribution in [1.82, 2.24) is 14.9 Å². The van der Waals surface area contributed by atoms with Crippen molar-refractivity contribution in [3.63, 3.8) is 0 Å². The van der Waals surface area contributed by atoms with E-state index >= 15 is 0 Å². The minimum atomic E-state index is 0.107. The first-order chi connectivity index (χ1) is 7.80. The van der Waals surface area contributed by atoms with Gasteiger partial charge >= 0.3 is 0 Å². The SMILES string of the molecule is CC1(n2cncc2C2CCCN2)CCOC1. The van der Waals surface area contributed by atoms with Gasteiger partial charge < -0.3 is 14.6 Å². The van der Waals surface area contributed by atoms with Gasteiger partial charge in [0.15, 0.2) is 0 Å². The molecule has 2 fully saturated rings. The molecule has 3 heterocycles. The van der Waals surface area contributed by atoms with Crippen molar-refractivity contribution in [2.45, 2.75) is 37.8 Å². The molecule has 4 heteroatoms. The summed E-state index contributed by atoms with van der Waals surface area (Å²) in [5.41, 5.74) is 1.43. The van der Waals surface area contributed by atoms with Gasteiger partial charge in [-0.15, -0.1) is 0 Å². The Morgan fingerprint density at radius 1 is 1.62 bits per heavy atom. The van der Waals surface area contributed by atoms with Crippen LogP contribution in [0.3, 0.4) is 0 Å². The molecule has 0 radical (unpaired) electrons. The number of ether oxygens (including phenoxy) is 1. The summed E-state index contributed by atoms with van der Waals surface area (Å²) in [4.78, 5) is 4.32. The quantitative estimate of drug-likeness (QED) is 0.821. The third-order valence-electron chi connectivity index (χ3n) is 3.86. The van der Waals surface area contributed by atoms with Gasteiger partial charge in [-0.3, -0.25) is 0 Å². The van der Waals surface area contributed by atoms with Crippen molar-refractivity contribution in [3.05, 3.63) is 18.2 Å². The zero-order valence-corrected chi connectivity index (χ0v) is 9.78. The van der Waals surface area contributed by atoms with E-state index in [0.717, 1.165) is 26.2 Å². The van der Waals surface area contributed by atoms with E-state index in [1.54, 1.807) is 0 Å².